The fourth-order valence-electron chi connectivity index (χ4n) is 1.37. The van der Waals surface area contributed by atoms with Gasteiger partial charge >= 0.3 is 11.9 Å². The Morgan fingerprint density at radius 1 is 1.06 bits per heavy atom. The van der Waals surface area contributed by atoms with Crippen molar-refractivity contribution in [1.82, 2.24) is 0 Å². The molecule has 1 atom stereocenters. The SMILES string of the molecule is CCCC(CCC(=O)OCC)OC(=O)CC. The Balaban J connectivity index is 3.92. The van der Waals surface area contributed by atoms with Crippen LogP contribution in [0.1, 0.15) is 52.9 Å². The van der Waals surface area contributed by atoms with Crippen molar-refractivity contribution in [3.63, 3.8) is 0 Å². The molecular formula is C12H22O4. The molecule has 0 fully saturated rings. The molecule has 0 bridgehead atoms. The van der Waals surface area contributed by atoms with Crippen molar-refractivity contribution in [2.24, 2.45) is 0 Å². The molecule has 1 unspecified atom stereocenters. The van der Waals surface area contributed by atoms with Gasteiger partial charge in [-0.1, -0.05) is 20.3 Å². The quantitative estimate of drug-likeness (QED) is 0.601. The van der Waals surface area contributed by atoms with Crippen molar-refractivity contribution in [2.45, 2.75) is 59.0 Å². The molecule has 0 aliphatic rings. The van der Waals surface area contributed by atoms with E-state index < -0.39 is 0 Å². The smallest absolute Gasteiger partial charge is 0.305 e. The van der Waals surface area contributed by atoms with Crippen LogP contribution < -0.4 is 0 Å². The fourth-order valence-corrected chi connectivity index (χ4v) is 1.37. The van der Waals surface area contributed by atoms with Crippen LogP contribution in [0.25, 0.3) is 0 Å². The van der Waals surface area contributed by atoms with E-state index in [9.17, 15) is 9.59 Å². The van der Waals surface area contributed by atoms with Crippen LogP contribution >= 0.6 is 0 Å². The van der Waals surface area contributed by atoms with Gasteiger partial charge in [0.1, 0.15) is 6.10 Å². The number of ether oxygens (including phenoxy) is 2. The van der Waals surface area contributed by atoms with E-state index in [2.05, 4.69) is 0 Å². The van der Waals surface area contributed by atoms with Gasteiger partial charge in [0.05, 0.1) is 6.61 Å². The van der Waals surface area contributed by atoms with Crippen LogP contribution in [0.5, 0.6) is 0 Å². The topological polar surface area (TPSA) is 52.6 Å². The molecule has 4 heteroatoms. The van der Waals surface area contributed by atoms with Crippen LogP contribution in [0, 0.1) is 0 Å². The standard InChI is InChI=1S/C12H22O4/c1-4-7-10(16-11(13)5-2)8-9-12(14)15-6-3/h10H,4-9H2,1-3H3. The predicted octanol–water partition coefficient (Wildman–Crippen LogP) is 2.45. The summed E-state index contributed by atoms with van der Waals surface area (Å²) in [7, 11) is 0. The van der Waals surface area contributed by atoms with Crippen LogP contribution in [0.15, 0.2) is 0 Å². The van der Waals surface area contributed by atoms with Crippen molar-refractivity contribution >= 4 is 11.9 Å². The normalized spacial score (nSPS) is 11.9. The van der Waals surface area contributed by atoms with Crippen LogP contribution in [0.3, 0.4) is 0 Å². The van der Waals surface area contributed by atoms with Crippen molar-refractivity contribution in [1.29, 1.82) is 0 Å². The molecule has 0 rings (SSSR count). The third-order valence-corrected chi connectivity index (χ3v) is 2.17. The summed E-state index contributed by atoms with van der Waals surface area (Å²) in [6, 6.07) is 0. The summed E-state index contributed by atoms with van der Waals surface area (Å²) in [4.78, 5) is 22.3. The van der Waals surface area contributed by atoms with E-state index in [0.29, 0.717) is 25.9 Å². The Bertz CT molecular complexity index is 213. The van der Waals surface area contributed by atoms with Crippen molar-refractivity contribution in [3.05, 3.63) is 0 Å². The molecule has 0 spiro atoms. The lowest BCUT2D eigenvalue weighted by Crippen LogP contribution is -2.19. The zero-order valence-corrected chi connectivity index (χ0v) is 10.5. The van der Waals surface area contributed by atoms with Crippen molar-refractivity contribution < 1.29 is 19.1 Å². The summed E-state index contributed by atoms with van der Waals surface area (Å²) in [6.45, 7) is 5.96. The molecule has 0 aromatic carbocycles. The number of carbonyl (C=O) groups is 2. The van der Waals surface area contributed by atoms with Gasteiger partial charge in [0.15, 0.2) is 0 Å². The number of carbonyl (C=O) groups excluding carboxylic acids is 2. The third-order valence-electron chi connectivity index (χ3n) is 2.17. The first-order valence-electron chi connectivity index (χ1n) is 5.99. The Hall–Kier alpha value is -1.06. The lowest BCUT2D eigenvalue weighted by atomic mass is 10.1. The highest BCUT2D eigenvalue weighted by molar-refractivity contribution is 5.70. The van der Waals surface area contributed by atoms with Gasteiger partial charge in [-0.3, -0.25) is 9.59 Å². The molecule has 16 heavy (non-hydrogen) atoms. The van der Waals surface area contributed by atoms with E-state index in [4.69, 9.17) is 9.47 Å². The summed E-state index contributed by atoms with van der Waals surface area (Å²) in [5.74, 6) is -0.432. The summed E-state index contributed by atoms with van der Waals surface area (Å²) in [5, 5.41) is 0. The van der Waals surface area contributed by atoms with Gasteiger partial charge in [0.2, 0.25) is 0 Å². The largest absolute Gasteiger partial charge is 0.466 e. The van der Waals surface area contributed by atoms with Crippen molar-refractivity contribution in [2.75, 3.05) is 6.61 Å². The monoisotopic (exact) mass is 230 g/mol. The first kappa shape index (κ1) is 14.9. The van der Waals surface area contributed by atoms with Crippen LogP contribution in [0.2, 0.25) is 0 Å². The molecule has 0 radical (unpaired) electrons. The summed E-state index contributed by atoms with van der Waals surface area (Å²) < 4.78 is 10.0. The lowest BCUT2D eigenvalue weighted by molar-refractivity contribution is -0.152. The maximum Gasteiger partial charge on any atom is 0.305 e. The minimum absolute atomic E-state index is 0.151. The second kappa shape index (κ2) is 9.19. The minimum Gasteiger partial charge on any atom is -0.466 e. The van der Waals surface area contributed by atoms with E-state index in [1.54, 1.807) is 13.8 Å². The van der Waals surface area contributed by atoms with Gasteiger partial charge in [0.25, 0.3) is 0 Å². The Morgan fingerprint density at radius 2 is 1.75 bits per heavy atom. The molecule has 0 saturated carbocycles. The molecule has 0 N–H and O–H groups in total. The Morgan fingerprint density at radius 3 is 2.25 bits per heavy atom. The number of hydrogen-bond acceptors (Lipinski definition) is 4. The summed E-state index contributed by atoms with van der Waals surface area (Å²) in [6.07, 6.45) is 2.82. The highest BCUT2D eigenvalue weighted by atomic mass is 16.5. The van der Waals surface area contributed by atoms with E-state index >= 15 is 0 Å². The molecule has 0 heterocycles. The molecule has 4 nitrogen and oxygen atoms in total. The first-order chi connectivity index (χ1) is 7.63. The minimum atomic E-state index is -0.226. The van der Waals surface area contributed by atoms with Gasteiger partial charge in [-0.25, -0.2) is 0 Å². The number of esters is 2. The zero-order chi connectivity index (χ0) is 12.4. The van der Waals surface area contributed by atoms with Gasteiger partial charge in [0, 0.05) is 12.8 Å². The highest BCUT2D eigenvalue weighted by Gasteiger charge is 2.14. The van der Waals surface area contributed by atoms with Crippen molar-refractivity contribution in [3.8, 4) is 0 Å². The average Bonchev–Trinajstić information content (AvgIpc) is 2.26. The molecule has 0 amide bonds. The summed E-state index contributed by atoms with van der Waals surface area (Å²) in [5.41, 5.74) is 0. The number of hydrogen-bond donors (Lipinski definition) is 0. The highest BCUT2D eigenvalue weighted by Crippen LogP contribution is 2.11. The predicted molar refractivity (Wildman–Crippen MR) is 60.9 cm³/mol. The van der Waals surface area contributed by atoms with E-state index in [1.165, 1.54) is 0 Å². The summed E-state index contributed by atoms with van der Waals surface area (Å²) >= 11 is 0. The van der Waals surface area contributed by atoms with Crippen LogP contribution in [-0.2, 0) is 19.1 Å². The molecule has 94 valence electrons. The zero-order valence-electron chi connectivity index (χ0n) is 10.5. The van der Waals surface area contributed by atoms with Crippen LogP contribution in [-0.4, -0.2) is 24.6 Å². The van der Waals surface area contributed by atoms with E-state index in [0.717, 1.165) is 12.8 Å². The molecule has 0 aliphatic heterocycles. The van der Waals surface area contributed by atoms with Gasteiger partial charge in [-0.05, 0) is 19.8 Å². The van der Waals surface area contributed by atoms with E-state index in [-0.39, 0.29) is 18.0 Å². The molecular weight excluding hydrogens is 208 g/mol. The maximum atomic E-state index is 11.1. The molecule has 0 aromatic heterocycles. The first-order valence-corrected chi connectivity index (χ1v) is 5.99. The van der Waals surface area contributed by atoms with Gasteiger partial charge in [-0.2, -0.15) is 0 Å². The maximum absolute atomic E-state index is 11.1. The average molecular weight is 230 g/mol. The number of rotatable bonds is 8. The van der Waals surface area contributed by atoms with E-state index in [1.807, 2.05) is 6.92 Å². The molecule has 0 aromatic rings. The lowest BCUT2D eigenvalue weighted by Gasteiger charge is -2.16. The van der Waals surface area contributed by atoms with Gasteiger partial charge < -0.3 is 9.47 Å². The molecule has 0 aliphatic carbocycles. The second-order valence-electron chi connectivity index (χ2n) is 3.60. The third kappa shape index (κ3) is 7.26. The molecule has 0 saturated heterocycles. The second-order valence-corrected chi connectivity index (χ2v) is 3.60. The Labute approximate surface area is 97.3 Å². The van der Waals surface area contributed by atoms with Crippen LogP contribution in [0.4, 0.5) is 0 Å². The fraction of sp³-hybridized carbons (Fsp3) is 0.833. The van der Waals surface area contributed by atoms with Gasteiger partial charge in [-0.15, -0.1) is 0 Å². The Kier molecular flexibility index (Phi) is 8.58.